The number of hydrogen-bond acceptors (Lipinski definition) is 4. The number of fused-ring (bicyclic) bond motifs is 1. The molecule has 1 atom stereocenters. The summed E-state index contributed by atoms with van der Waals surface area (Å²) in [5.41, 5.74) is 6.39. The zero-order valence-corrected chi connectivity index (χ0v) is 26.0. The molecule has 1 unspecified atom stereocenters. The first-order valence-electron chi connectivity index (χ1n) is 14.3. The van der Waals surface area contributed by atoms with E-state index in [0.29, 0.717) is 19.0 Å². The van der Waals surface area contributed by atoms with Gasteiger partial charge in [-0.15, -0.1) is 0 Å². The van der Waals surface area contributed by atoms with Crippen LogP contribution in [0, 0.1) is 6.92 Å². The maximum atomic E-state index is 12.8. The van der Waals surface area contributed by atoms with E-state index in [2.05, 4.69) is 50.8 Å². The molecule has 0 radical (unpaired) electrons. The number of aromatic nitrogens is 3. The molecule has 1 N–H and O–H groups in total. The molecule has 5 aromatic rings. The predicted octanol–water partition coefficient (Wildman–Crippen LogP) is 7.53. The number of rotatable bonds is 12. The van der Waals surface area contributed by atoms with Gasteiger partial charge in [-0.05, 0) is 54.9 Å². The summed E-state index contributed by atoms with van der Waals surface area (Å²) in [5, 5.41) is 16.3. The Morgan fingerprint density at radius 1 is 1.00 bits per heavy atom. The van der Waals surface area contributed by atoms with E-state index < -0.39 is 20.0 Å². The minimum atomic E-state index is -1.21. The SMILES string of the molecule is COc1ccc(-n2nc(CC(C(=O)O)c3cn(COCC[Si](C)(C)C)c4ccccc34)cc2-c2ccc(C)cc2)cc1. The highest BCUT2D eigenvalue weighted by Gasteiger charge is 2.27. The highest BCUT2D eigenvalue weighted by atomic mass is 28.3. The number of aliphatic carboxylic acids is 1. The maximum Gasteiger partial charge on any atom is 0.311 e. The molecule has 0 aliphatic rings. The molecule has 7 nitrogen and oxygen atoms in total. The molecule has 0 aliphatic carbocycles. The van der Waals surface area contributed by atoms with Crippen LogP contribution in [0.4, 0.5) is 0 Å². The number of carboxylic acid groups (broad SMARTS) is 1. The van der Waals surface area contributed by atoms with Crippen molar-refractivity contribution in [3.8, 4) is 22.7 Å². The van der Waals surface area contributed by atoms with Gasteiger partial charge in [0, 0.05) is 38.2 Å². The smallest absolute Gasteiger partial charge is 0.311 e. The van der Waals surface area contributed by atoms with E-state index in [1.807, 2.05) is 70.0 Å². The Labute approximate surface area is 248 Å². The van der Waals surface area contributed by atoms with Gasteiger partial charge in [0.05, 0.1) is 35.6 Å². The Morgan fingerprint density at radius 3 is 2.38 bits per heavy atom. The summed E-state index contributed by atoms with van der Waals surface area (Å²) >= 11 is 0. The predicted molar refractivity (Wildman–Crippen MR) is 170 cm³/mol. The Bertz CT molecular complexity index is 1660. The first kappa shape index (κ1) is 29.4. The monoisotopic (exact) mass is 581 g/mol. The number of carboxylic acids is 1. The molecule has 3 aromatic carbocycles. The molecular formula is C34H39N3O4Si. The first-order chi connectivity index (χ1) is 20.1. The molecule has 42 heavy (non-hydrogen) atoms. The molecule has 0 spiro atoms. The summed E-state index contributed by atoms with van der Waals surface area (Å²) in [5.74, 6) is -0.897. The van der Waals surface area contributed by atoms with E-state index in [1.54, 1.807) is 7.11 Å². The summed E-state index contributed by atoms with van der Waals surface area (Å²) in [6.45, 7) is 10.1. The van der Waals surface area contributed by atoms with Crippen molar-refractivity contribution in [2.75, 3.05) is 13.7 Å². The summed E-state index contributed by atoms with van der Waals surface area (Å²) < 4.78 is 15.3. The third kappa shape index (κ3) is 6.66. The van der Waals surface area contributed by atoms with Gasteiger partial charge in [-0.25, -0.2) is 4.68 Å². The number of benzene rings is 3. The highest BCUT2D eigenvalue weighted by Crippen LogP contribution is 2.33. The molecule has 2 heterocycles. The number of nitrogens with zero attached hydrogens (tertiary/aromatic N) is 3. The van der Waals surface area contributed by atoms with Gasteiger partial charge in [-0.2, -0.15) is 5.10 Å². The third-order valence-electron chi connectivity index (χ3n) is 7.56. The lowest BCUT2D eigenvalue weighted by Gasteiger charge is -2.15. The maximum absolute atomic E-state index is 12.8. The lowest BCUT2D eigenvalue weighted by atomic mass is 9.93. The second-order valence-electron chi connectivity index (χ2n) is 12.0. The number of aryl methyl sites for hydroxylation is 1. The van der Waals surface area contributed by atoms with Crippen LogP contribution >= 0.6 is 0 Å². The number of methoxy groups -OCH3 is 1. The molecule has 0 amide bonds. The lowest BCUT2D eigenvalue weighted by Crippen LogP contribution is -2.22. The van der Waals surface area contributed by atoms with Crippen molar-refractivity contribution in [1.29, 1.82) is 0 Å². The zero-order chi connectivity index (χ0) is 29.9. The highest BCUT2D eigenvalue weighted by molar-refractivity contribution is 6.76. The van der Waals surface area contributed by atoms with Crippen molar-refractivity contribution < 1.29 is 19.4 Å². The first-order valence-corrected chi connectivity index (χ1v) is 18.0. The quantitative estimate of drug-likeness (QED) is 0.122. The van der Waals surface area contributed by atoms with Gasteiger partial charge in [0.1, 0.15) is 12.5 Å². The van der Waals surface area contributed by atoms with Gasteiger partial charge in [-0.3, -0.25) is 4.79 Å². The van der Waals surface area contributed by atoms with Crippen molar-refractivity contribution >= 4 is 24.9 Å². The van der Waals surface area contributed by atoms with Gasteiger partial charge in [0.2, 0.25) is 0 Å². The summed E-state index contributed by atoms with van der Waals surface area (Å²) in [4.78, 5) is 12.8. The summed E-state index contributed by atoms with van der Waals surface area (Å²) in [7, 11) is 0.433. The van der Waals surface area contributed by atoms with Crippen molar-refractivity contribution in [1.82, 2.24) is 14.3 Å². The van der Waals surface area contributed by atoms with Gasteiger partial charge < -0.3 is 19.1 Å². The molecule has 8 heteroatoms. The number of carbonyl (C=O) groups is 1. The van der Waals surface area contributed by atoms with E-state index in [-0.39, 0.29) is 6.42 Å². The van der Waals surface area contributed by atoms with Crippen LogP contribution in [-0.4, -0.2) is 47.2 Å². The molecule has 218 valence electrons. The Balaban J connectivity index is 1.50. The molecule has 0 saturated carbocycles. The molecule has 0 saturated heterocycles. The number of para-hydroxylation sites is 1. The fourth-order valence-electron chi connectivity index (χ4n) is 5.12. The minimum absolute atomic E-state index is 0.252. The second kappa shape index (κ2) is 12.4. The number of hydrogen-bond donors (Lipinski definition) is 1. The minimum Gasteiger partial charge on any atom is -0.497 e. The standard InChI is InChI=1S/C34H39N3O4Si/c1-24-10-12-25(13-11-24)33-21-26(35-37(33)27-14-16-28(40-2)17-15-27)20-30(34(38)39)31-22-36(23-41-18-19-42(3,4)5)32-9-7-6-8-29(31)32/h6-17,21-22,30H,18-20,23H2,1-5H3,(H,38,39). The largest absolute Gasteiger partial charge is 0.497 e. The van der Waals surface area contributed by atoms with Crippen molar-refractivity contribution in [2.45, 2.75) is 51.7 Å². The van der Waals surface area contributed by atoms with Crippen LogP contribution in [0.25, 0.3) is 27.8 Å². The van der Waals surface area contributed by atoms with E-state index in [9.17, 15) is 9.90 Å². The molecule has 0 bridgehead atoms. The van der Waals surface area contributed by atoms with Crippen LogP contribution in [0.5, 0.6) is 5.75 Å². The zero-order valence-electron chi connectivity index (χ0n) is 25.0. The van der Waals surface area contributed by atoms with Gasteiger partial charge in [0.15, 0.2) is 0 Å². The van der Waals surface area contributed by atoms with E-state index in [4.69, 9.17) is 14.6 Å². The summed E-state index contributed by atoms with van der Waals surface area (Å²) in [6, 6.07) is 27.0. The number of ether oxygens (including phenoxy) is 2. The molecule has 2 aromatic heterocycles. The van der Waals surface area contributed by atoms with Crippen LogP contribution in [0.15, 0.2) is 85.1 Å². The third-order valence-corrected chi connectivity index (χ3v) is 9.26. The molecular weight excluding hydrogens is 542 g/mol. The van der Waals surface area contributed by atoms with E-state index in [1.165, 1.54) is 5.56 Å². The van der Waals surface area contributed by atoms with Crippen LogP contribution in [-0.2, 0) is 22.7 Å². The van der Waals surface area contributed by atoms with Crippen LogP contribution < -0.4 is 4.74 Å². The van der Waals surface area contributed by atoms with Crippen LogP contribution in [0.1, 0.15) is 22.7 Å². The van der Waals surface area contributed by atoms with Gasteiger partial charge in [-0.1, -0.05) is 67.7 Å². The van der Waals surface area contributed by atoms with Crippen LogP contribution in [0.3, 0.4) is 0 Å². The summed E-state index contributed by atoms with van der Waals surface area (Å²) in [6.07, 6.45) is 2.20. The normalized spacial score (nSPS) is 12.5. The van der Waals surface area contributed by atoms with Crippen molar-refractivity contribution in [3.63, 3.8) is 0 Å². The Kier molecular flexibility index (Phi) is 8.66. The Hall–Kier alpha value is -4.14. The molecule has 0 aliphatic heterocycles. The average molecular weight is 582 g/mol. The topological polar surface area (TPSA) is 78.5 Å². The van der Waals surface area contributed by atoms with Gasteiger partial charge in [0.25, 0.3) is 0 Å². The molecule has 0 fully saturated rings. The van der Waals surface area contributed by atoms with Crippen LogP contribution in [0.2, 0.25) is 25.7 Å². The fourth-order valence-corrected chi connectivity index (χ4v) is 5.88. The van der Waals surface area contributed by atoms with E-state index in [0.717, 1.165) is 45.2 Å². The lowest BCUT2D eigenvalue weighted by molar-refractivity contribution is -0.138. The van der Waals surface area contributed by atoms with Crippen molar-refractivity contribution in [3.05, 3.63) is 102 Å². The Morgan fingerprint density at radius 2 is 1.71 bits per heavy atom. The second-order valence-corrected chi connectivity index (χ2v) is 17.6. The fraction of sp³-hybridized carbons (Fsp3) is 0.294. The van der Waals surface area contributed by atoms with Crippen molar-refractivity contribution in [2.24, 2.45) is 0 Å². The van der Waals surface area contributed by atoms with E-state index >= 15 is 0 Å². The molecule has 5 rings (SSSR count). The average Bonchev–Trinajstić information content (AvgIpc) is 3.56. The van der Waals surface area contributed by atoms with Gasteiger partial charge >= 0.3 is 5.97 Å².